The van der Waals surface area contributed by atoms with Gasteiger partial charge in [0.2, 0.25) is 5.91 Å². The van der Waals surface area contributed by atoms with Gasteiger partial charge in [-0.3, -0.25) is 9.59 Å². The van der Waals surface area contributed by atoms with Gasteiger partial charge in [0.1, 0.15) is 5.75 Å². The first-order chi connectivity index (χ1) is 9.97. The fourth-order valence-corrected chi connectivity index (χ4v) is 2.61. The summed E-state index contributed by atoms with van der Waals surface area (Å²) >= 11 is 0. The number of hydrogen-bond acceptors (Lipinski definition) is 3. The molecule has 2 rings (SSSR count). The summed E-state index contributed by atoms with van der Waals surface area (Å²) in [6.45, 7) is 2.33. The summed E-state index contributed by atoms with van der Waals surface area (Å²) in [5.41, 5.74) is 1.13. The summed E-state index contributed by atoms with van der Waals surface area (Å²) in [5, 5.41) is 12.0. The van der Waals surface area contributed by atoms with Crippen molar-refractivity contribution >= 4 is 11.9 Å². The van der Waals surface area contributed by atoms with Crippen molar-refractivity contribution < 1.29 is 19.4 Å². The van der Waals surface area contributed by atoms with Crippen LogP contribution in [-0.2, 0) is 16.1 Å². The van der Waals surface area contributed by atoms with Gasteiger partial charge in [0.05, 0.1) is 12.5 Å². The Morgan fingerprint density at radius 1 is 1.38 bits per heavy atom. The second-order valence-corrected chi connectivity index (χ2v) is 5.70. The number of carboxylic acids is 1. The number of methoxy groups -OCH3 is 1. The molecule has 1 aromatic carbocycles. The number of nitrogens with one attached hydrogen (secondary N) is 1. The molecular formula is C16H21NO4. The molecule has 1 aliphatic carbocycles. The van der Waals surface area contributed by atoms with Gasteiger partial charge in [-0.2, -0.15) is 0 Å². The van der Waals surface area contributed by atoms with Crippen molar-refractivity contribution in [1.29, 1.82) is 0 Å². The molecule has 1 amide bonds. The minimum absolute atomic E-state index is 0.0608. The van der Waals surface area contributed by atoms with E-state index in [1.165, 1.54) is 0 Å². The summed E-state index contributed by atoms with van der Waals surface area (Å²) in [7, 11) is 1.61. The van der Waals surface area contributed by atoms with Crippen molar-refractivity contribution in [2.24, 2.45) is 5.41 Å². The monoisotopic (exact) mass is 291 g/mol. The molecule has 1 aromatic rings. The molecule has 1 fully saturated rings. The van der Waals surface area contributed by atoms with Crippen LogP contribution in [0.2, 0.25) is 0 Å². The summed E-state index contributed by atoms with van der Waals surface area (Å²) in [6, 6.07) is 5.74. The lowest BCUT2D eigenvalue weighted by Crippen LogP contribution is -2.42. The number of hydrogen-bond donors (Lipinski definition) is 2. The van der Waals surface area contributed by atoms with Crippen molar-refractivity contribution in [1.82, 2.24) is 5.32 Å². The van der Waals surface area contributed by atoms with Gasteiger partial charge in [-0.25, -0.2) is 0 Å². The third-order valence-electron chi connectivity index (χ3n) is 4.23. The molecule has 1 saturated carbocycles. The van der Waals surface area contributed by atoms with Gasteiger partial charge in [-0.1, -0.05) is 18.6 Å². The van der Waals surface area contributed by atoms with Gasteiger partial charge in [-0.05, 0) is 37.0 Å². The Balaban J connectivity index is 1.91. The highest BCUT2D eigenvalue weighted by Crippen LogP contribution is 2.44. The summed E-state index contributed by atoms with van der Waals surface area (Å²) in [5.74, 6) is -0.291. The maximum Gasteiger partial charge on any atom is 0.310 e. The van der Waals surface area contributed by atoms with E-state index >= 15 is 0 Å². The fourth-order valence-electron chi connectivity index (χ4n) is 2.61. The largest absolute Gasteiger partial charge is 0.496 e. The Labute approximate surface area is 124 Å². The SMILES string of the molecule is COc1cc(CNC(=O)CC2(C(=O)O)CCC2)ccc1C. The quantitative estimate of drug-likeness (QED) is 0.843. The van der Waals surface area contributed by atoms with Gasteiger partial charge in [0.25, 0.3) is 0 Å². The lowest BCUT2D eigenvalue weighted by molar-refractivity contribution is -0.157. The summed E-state index contributed by atoms with van der Waals surface area (Å²) in [6.07, 6.45) is 2.13. The van der Waals surface area contributed by atoms with Crippen LogP contribution < -0.4 is 10.1 Å². The Hall–Kier alpha value is -2.04. The highest BCUT2D eigenvalue weighted by Gasteiger charge is 2.45. The van der Waals surface area contributed by atoms with E-state index in [4.69, 9.17) is 4.74 Å². The van der Waals surface area contributed by atoms with E-state index in [1.807, 2.05) is 25.1 Å². The van der Waals surface area contributed by atoms with E-state index in [1.54, 1.807) is 7.11 Å². The molecule has 114 valence electrons. The lowest BCUT2D eigenvalue weighted by Gasteiger charge is -2.36. The number of amides is 1. The first-order valence-electron chi connectivity index (χ1n) is 7.10. The van der Waals surface area contributed by atoms with Crippen LogP contribution >= 0.6 is 0 Å². The zero-order valence-electron chi connectivity index (χ0n) is 12.4. The van der Waals surface area contributed by atoms with Gasteiger partial charge in [0, 0.05) is 13.0 Å². The molecule has 5 heteroatoms. The van der Waals surface area contributed by atoms with E-state index in [-0.39, 0.29) is 12.3 Å². The molecule has 0 atom stereocenters. The van der Waals surface area contributed by atoms with Gasteiger partial charge in [-0.15, -0.1) is 0 Å². The molecule has 2 N–H and O–H groups in total. The smallest absolute Gasteiger partial charge is 0.310 e. The number of aryl methyl sites for hydroxylation is 1. The van der Waals surface area contributed by atoms with E-state index in [0.29, 0.717) is 19.4 Å². The summed E-state index contributed by atoms with van der Waals surface area (Å²) < 4.78 is 5.24. The Morgan fingerprint density at radius 2 is 2.10 bits per heavy atom. The topological polar surface area (TPSA) is 75.6 Å². The molecule has 5 nitrogen and oxygen atoms in total. The molecule has 0 aromatic heterocycles. The van der Waals surface area contributed by atoms with E-state index in [9.17, 15) is 14.7 Å². The number of benzene rings is 1. The van der Waals surface area contributed by atoms with Crippen molar-refractivity contribution in [3.05, 3.63) is 29.3 Å². The van der Waals surface area contributed by atoms with Crippen LogP contribution in [0.1, 0.15) is 36.8 Å². The lowest BCUT2D eigenvalue weighted by atomic mass is 9.66. The second kappa shape index (κ2) is 6.16. The molecule has 0 radical (unpaired) electrons. The van der Waals surface area contributed by atoms with Crippen LogP contribution in [0.4, 0.5) is 0 Å². The van der Waals surface area contributed by atoms with Crippen LogP contribution in [0, 0.1) is 12.3 Å². The normalized spacial score (nSPS) is 15.9. The van der Waals surface area contributed by atoms with Crippen LogP contribution in [0.25, 0.3) is 0 Å². The van der Waals surface area contributed by atoms with E-state index in [2.05, 4.69) is 5.32 Å². The first kappa shape index (κ1) is 15.4. The molecule has 0 aliphatic heterocycles. The maximum atomic E-state index is 11.9. The Morgan fingerprint density at radius 3 is 2.62 bits per heavy atom. The average Bonchev–Trinajstić information content (AvgIpc) is 2.41. The Bertz CT molecular complexity index is 549. The number of aliphatic carboxylic acids is 1. The molecule has 1 aliphatic rings. The maximum absolute atomic E-state index is 11.9. The van der Waals surface area contributed by atoms with Crippen LogP contribution in [-0.4, -0.2) is 24.1 Å². The molecule has 0 spiro atoms. The molecule has 0 saturated heterocycles. The first-order valence-corrected chi connectivity index (χ1v) is 7.10. The van der Waals surface area contributed by atoms with Crippen molar-refractivity contribution in [2.75, 3.05) is 7.11 Å². The number of ether oxygens (including phenoxy) is 1. The minimum atomic E-state index is -0.860. The van der Waals surface area contributed by atoms with Gasteiger partial charge < -0.3 is 15.2 Å². The van der Waals surface area contributed by atoms with Crippen molar-refractivity contribution in [3.8, 4) is 5.75 Å². The standard InChI is InChI=1S/C16H21NO4/c1-11-4-5-12(8-13(11)21-2)10-17-14(18)9-16(15(19)20)6-3-7-16/h4-5,8H,3,6-7,9-10H2,1-2H3,(H,17,18)(H,19,20). The van der Waals surface area contributed by atoms with Crippen molar-refractivity contribution in [2.45, 2.75) is 39.2 Å². The molecule has 0 heterocycles. The number of rotatable bonds is 6. The summed E-state index contributed by atoms with van der Waals surface area (Å²) in [4.78, 5) is 23.2. The van der Waals surface area contributed by atoms with Gasteiger partial charge in [0.15, 0.2) is 0 Å². The third-order valence-corrected chi connectivity index (χ3v) is 4.23. The van der Waals surface area contributed by atoms with E-state index in [0.717, 1.165) is 23.3 Å². The van der Waals surface area contributed by atoms with Gasteiger partial charge >= 0.3 is 5.97 Å². The van der Waals surface area contributed by atoms with Crippen LogP contribution in [0.5, 0.6) is 5.75 Å². The predicted octanol–water partition coefficient (Wildman–Crippen LogP) is 2.26. The number of carbonyl (C=O) groups excluding carboxylic acids is 1. The molecule has 0 bridgehead atoms. The van der Waals surface area contributed by atoms with Crippen LogP contribution in [0.15, 0.2) is 18.2 Å². The third kappa shape index (κ3) is 3.35. The highest BCUT2D eigenvalue weighted by molar-refractivity contribution is 5.85. The minimum Gasteiger partial charge on any atom is -0.496 e. The van der Waals surface area contributed by atoms with Crippen molar-refractivity contribution in [3.63, 3.8) is 0 Å². The second-order valence-electron chi connectivity index (χ2n) is 5.70. The highest BCUT2D eigenvalue weighted by atomic mass is 16.5. The molecular weight excluding hydrogens is 270 g/mol. The zero-order valence-corrected chi connectivity index (χ0v) is 12.4. The Kier molecular flexibility index (Phi) is 4.50. The fraction of sp³-hybridized carbons (Fsp3) is 0.500. The van der Waals surface area contributed by atoms with E-state index < -0.39 is 11.4 Å². The number of carbonyl (C=O) groups is 2. The predicted molar refractivity (Wildman–Crippen MR) is 78.1 cm³/mol. The average molecular weight is 291 g/mol. The number of carboxylic acid groups (broad SMARTS) is 1. The molecule has 0 unspecified atom stereocenters. The zero-order chi connectivity index (χ0) is 15.5. The molecule has 21 heavy (non-hydrogen) atoms. The van der Waals surface area contributed by atoms with Crippen LogP contribution in [0.3, 0.4) is 0 Å².